The molecule has 0 saturated heterocycles. The van der Waals surface area contributed by atoms with E-state index >= 15 is 0 Å². The van der Waals surface area contributed by atoms with E-state index < -0.39 is 29.7 Å². The Balaban J connectivity index is 1.84. The molecule has 3 unspecified atom stereocenters. The quantitative estimate of drug-likeness (QED) is 0.0709. The minimum Gasteiger partial charge on any atom is -0.493 e. The van der Waals surface area contributed by atoms with Gasteiger partial charge in [0.2, 0.25) is 0 Å². The molecule has 0 heterocycles. The molecule has 3 rings (SSSR count). The first kappa shape index (κ1) is 41.0. The Morgan fingerprint density at radius 2 is 1.06 bits per heavy atom. The number of fused-ring (bicyclic) bond motifs is 1. The van der Waals surface area contributed by atoms with E-state index in [-0.39, 0.29) is 6.42 Å². The summed E-state index contributed by atoms with van der Waals surface area (Å²) in [4.78, 5) is 26.3. The van der Waals surface area contributed by atoms with Gasteiger partial charge in [-0.3, -0.25) is 9.59 Å². The third-order valence-corrected chi connectivity index (χ3v) is 10.0. The van der Waals surface area contributed by atoms with Crippen LogP contribution in [0.5, 0.6) is 23.0 Å². The summed E-state index contributed by atoms with van der Waals surface area (Å²) >= 11 is 0. The molecule has 0 saturated carbocycles. The van der Waals surface area contributed by atoms with Crippen LogP contribution >= 0.6 is 0 Å². The van der Waals surface area contributed by atoms with Crippen LogP contribution in [-0.2, 0) is 19.1 Å². The van der Waals surface area contributed by atoms with Crippen molar-refractivity contribution in [2.24, 2.45) is 5.92 Å². The van der Waals surface area contributed by atoms with Gasteiger partial charge in [0.1, 0.15) is 0 Å². The smallest absolute Gasteiger partial charge is 0.310 e. The van der Waals surface area contributed by atoms with Crippen molar-refractivity contribution in [3.63, 3.8) is 0 Å². The molecule has 8 heteroatoms. The minimum atomic E-state index is -0.671. The van der Waals surface area contributed by atoms with Crippen LogP contribution in [0, 0.1) is 5.92 Å². The number of hydrogen-bond donors (Lipinski definition) is 0. The molecule has 2 aromatic carbocycles. The molecular formula is C42H64O8. The summed E-state index contributed by atoms with van der Waals surface area (Å²) in [6, 6.07) is 9.75. The highest BCUT2D eigenvalue weighted by atomic mass is 16.5. The summed E-state index contributed by atoms with van der Waals surface area (Å²) < 4.78 is 34.5. The average molecular weight is 697 g/mol. The van der Waals surface area contributed by atoms with Gasteiger partial charge in [-0.25, -0.2) is 0 Å². The molecule has 1 aliphatic carbocycles. The van der Waals surface area contributed by atoms with Crippen LogP contribution in [0.25, 0.3) is 0 Å². The lowest BCUT2D eigenvalue weighted by atomic mass is 9.81. The van der Waals surface area contributed by atoms with Gasteiger partial charge in [0, 0.05) is 11.8 Å². The van der Waals surface area contributed by atoms with Crippen LogP contribution in [0.4, 0.5) is 0 Å². The first-order valence-electron chi connectivity index (χ1n) is 19.2. The Kier molecular flexibility index (Phi) is 19.0. The van der Waals surface area contributed by atoms with Gasteiger partial charge in [0.15, 0.2) is 23.0 Å². The standard InChI is InChI=1S/C42H64O8/c1-7-9-11-13-15-17-19-21-25-49-35-24-23-31(27-36(35)45-3)40-33-29-38(50-26-22-20-18-16-14-12-10-8-2)37(46-4)28-32(33)34(30-39(43)47-5)41(40)42(44)48-6/h23-24,27-29,34,40-41H,7-22,25-26,30H2,1-6H3. The van der Waals surface area contributed by atoms with Crippen LogP contribution in [0.1, 0.15) is 152 Å². The zero-order valence-corrected chi connectivity index (χ0v) is 31.8. The number of carbonyl (C=O) groups excluding carboxylic acids is 2. The molecule has 0 aliphatic heterocycles. The number of rotatable bonds is 26. The van der Waals surface area contributed by atoms with Gasteiger partial charge in [-0.05, 0) is 53.8 Å². The predicted molar refractivity (Wildman–Crippen MR) is 199 cm³/mol. The number of methoxy groups -OCH3 is 4. The van der Waals surface area contributed by atoms with Crippen LogP contribution in [0.3, 0.4) is 0 Å². The maximum atomic E-state index is 13.6. The molecular weight excluding hydrogens is 632 g/mol. The lowest BCUT2D eigenvalue weighted by Crippen LogP contribution is -2.26. The fraction of sp³-hybridized carbons (Fsp3) is 0.667. The van der Waals surface area contributed by atoms with E-state index in [2.05, 4.69) is 13.8 Å². The van der Waals surface area contributed by atoms with Crippen molar-refractivity contribution < 1.29 is 38.0 Å². The molecule has 0 amide bonds. The summed E-state index contributed by atoms with van der Waals surface area (Å²) in [5.74, 6) is 0.111. The van der Waals surface area contributed by atoms with Gasteiger partial charge in [-0.1, -0.05) is 110 Å². The van der Waals surface area contributed by atoms with E-state index in [0.29, 0.717) is 36.2 Å². The summed E-state index contributed by atoms with van der Waals surface area (Å²) in [6.45, 7) is 5.66. The second-order valence-electron chi connectivity index (χ2n) is 13.6. The molecule has 0 aromatic heterocycles. The van der Waals surface area contributed by atoms with E-state index in [1.54, 1.807) is 14.2 Å². The van der Waals surface area contributed by atoms with Crippen molar-refractivity contribution in [2.45, 2.75) is 135 Å². The number of carbonyl (C=O) groups is 2. The van der Waals surface area contributed by atoms with Crippen molar-refractivity contribution in [2.75, 3.05) is 41.7 Å². The van der Waals surface area contributed by atoms with E-state index in [0.717, 1.165) is 42.4 Å². The maximum Gasteiger partial charge on any atom is 0.310 e. The Labute approximate surface area is 301 Å². The van der Waals surface area contributed by atoms with Crippen molar-refractivity contribution in [1.82, 2.24) is 0 Å². The number of esters is 2. The first-order valence-corrected chi connectivity index (χ1v) is 19.2. The van der Waals surface area contributed by atoms with Crippen molar-refractivity contribution >= 4 is 11.9 Å². The van der Waals surface area contributed by atoms with Gasteiger partial charge in [-0.2, -0.15) is 0 Å². The van der Waals surface area contributed by atoms with Crippen LogP contribution in [0.15, 0.2) is 30.3 Å². The second kappa shape index (κ2) is 23.1. The molecule has 50 heavy (non-hydrogen) atoms. The summed E-state index contributed by atoms with van der Waals surface area (Å²) in [6.07, 6.45) is 19.6. The zero-order chi connectivity index (χ0) is 36.1. The van der Waals surface area contributed by atoms with Gasteiger partial charge in [0.25, 0.3) is 0 Å². The summed E-state index contributed by atoms with van der Waals surface area (Å²) in [5, 5.41) is 0. The maximum absolute atomic E-state index is 13.6. The Morgan fingerprint density at radius 1 is 0.560 bits per heavy atom. The van der Waals surface area contributed by atoms with Crippen LogP contribution in [-0.4, -0.2) is 53.6 Å². The molecule has 0 radical (unpaired) electrons. The summed E-state index contributed by atoms with van der Waals surface area (Å²) in [7, 11) is 5.99. The first-order chi connectivity index (χ1) is 24.4. The molecule has 0 fully saturated rings. The van der Waals surface area contributed by atoms with Crippen molar-refractivity contribution in [1.29, 1.82) is 0 Å². The average Bonchev–Trinajstić information content (AvgIpc) is 3.44. The third kappa shape index (κ3) is 12.1. The van der Waals surface area contributed by atoms with E-state index in [1.807, 2.05) is 30.3 Å². The van der Waals surface area contributed by atoms with Crippen molar-refractivity contribution in [3.8, 4) is 23.0 Å². The molecule has 3 atom stereocenters. The van der Waals surface area contributed by atoms with E-state index in [1.165, 1.54) is 91.3 Å². The SMILES string of the molecule is CCCCCCCCCCOc1ccc(C2c3cc(OCCCCCCCCCC)c(OC)cc3C(CC(=O)OC)C2C(=O)OC)cc1OC. The fourth-order valence-corrected chi connectivity index (χ4v) is 7.23. The highest BCUT2D eigenvalue weighted by molar-refractivity contribution is 5.81. The van der Waals surface area contributed by atoms with Crippen molar-refractivity contribution in [3.05, 3.63) is 47.0 Å². The Hall–Kier alpha value is -3.42. The number of ether oxygens (including phenoxy) is 6. The number of benzene rings is 2. The topological polar surface area (TPSA) is 89.5 Å². The number of hydrogen-bond acceptors (Lipinski definition) is 8. The van der Waals surface area contributed by atoms with E-state index in [4.69, 9.17) is 28.4 Å². The minimum absolute atomic E-state index is 0.0261. The zero-order valence-electron chi connectivity index (χ0n) is 31.8. The molecule has 0 spiro atoms. The van der Waals surface area contributed by atoms with Gasteiger partial charge in [0.05, 0.1) is 54.0 Å². The monoisotopic (exact) mass is 696 g/mol. The normalized spacial score (nSPS) is 16.5. The van der Waals surface area contributed by atoms with Gasteiger partial charge < -0.3 is 28.4 Å². The molecule has 0 N–H and O–H groups in total. The van der Waals surface area contributed by atoms with Crippen LogP contribution in [0.2, 0.25) is 0 Å². The number of unbranched alkanes of at least 4 members (excludes halogenated alkanes) is 14. The van der Waals surface area contributed by atoms with Crippen LogP contribution < -0.4 is 18.9 Å². The predicted octanol–water partition coefficient (Wildman–Crippen LogP) is 10.3. The third-order valence-electron chi connectivity index (χ3n) is 10.0. The highest BCUT2D eigenvalue weighted by Gasteiger charge is 2.48. The Morgan fingerprint density at radius 3 is 1.58 bits per heavy atom. The van der Waals surface area contributed by atoms with E-state index in [9.17, 15) is 9.59 Å². The van der Waals surface area contributed by atoms with Gasteiger partial charge in [-0.15, -0.1) is 0 Å². The summed E-state index contributed by atoms with van der Waals surface area (Å²) in [5.41, 5.74) is 2.61. The molecule has 1 aliphatic rings. The fourth-order valence-electron chi connectivity index (χ4n) is 7.23. The molecule has 8 nitrogen and oxygen atoms in total. The highest BCUT2D eigenvalue weighted by Crippen LogP contribution is 2.55. The largest absolute Gasteiger partial charge is 0.493 e. The lowest BCUT2D eigenvalue weighted by molar-refractivity contribution is -0.147. The lowest BCUT2D eigenvalue weighted by Gasteiger charge is -2.24. The Bertz CT molecular complexity index is 1290. The second-order valence-corrected chi connectivity index (χ2v) is 13.6. The molecule has 0 bridgehead atoms. The molecule has 2 aromatic rings. The molecule has 280 valence electrons. The van der Waals surface area contributed by atoms with Gasteiger partial charge >= 0.3 is 11.9 Å².